The Kier molecular flexibility index (Phi) is 6.69. The van der Waals surface area contributed by atoms with E-state index in [1.165, 1.54) is 0 Å². The van der Waals surface area contributed by atoms with Crippen LogP contribution in [0.4, 0.5) is 0 Å². The average Bonchev–Trinajstić information content (AvgIpc) is 2.98. The Hall–Kier alpha value is -2.82. The molecular weight excluding hydrogens is 354 g/mol. The van der Waals surface area contributed by atoms with Crippen LogP contribution in [0.5, 0.6) is 5.75 Å². The van der Waals surface area contributed by atoms with Crippen LogP contribution in [0.25, 0.3) is 0 Å². The van der Waals surface area contributed by atoms with Gasteiger partial charge in [0.05, 0.1) is 18.7 Å². The molecule has 0 radical (unpaired) electrons. The zero-order valence-corrected chi connectivity index (χ0v) is 16.3. The number of aromatic carboxylic acids is 1. The average molecular weight is 381 g/mol. The lowest BCUT2D eigenvalue weighted by atomic mass is 9.99. The van der Waals surface area contributed by atoms with Gasteiger partial charge in [-0.15, -0.1) is 0 Å². The summed E-state index contributed by atoms with van der Waals surface area (Å²) >= 11 is 0. The summed E-state index contributed by atoms with van der Waals surface area (Å²) in [6.45, 7) is 0.746. The predicted octanol–water partition coefficient (Wildman–Crippen LogP) is 4.47. The van der Waals surface area contributed by atoms with Gasteiger partial charge < -0.3 is 14.7 Å². The predicted molar refractivity (Wildman–Crippen MR) is 108 cm³/mol. The first-order valence-corrected chi connectivity index (χ1v) is 9.85. The molecule has 0 saturated carbocycles. The summed E-state index contributed by atoms with van der Waals surface area (Å²) in [5.41, 5.74) is 2.11. The molecule has 2 aromatic carbocycles. The molecule has 3 rings (SSSR count). The van der Waals surface area contributed by atoms with E-state index in [1.54, 1.807) is 25.3 Å². The fourth-order valence-electron chi connectivity index (χ4n) is 3.91. The lowest BCUT2D eigenvalue weighted by Gasteiger charge is -2.31. The first kappa shape index (κ1) is 19.9. The Balaban J connectivity index is 1.74. The van der Waals surface area contributed by atoms with E-state index in [9.17, 15) is 14.7 Å². The zero-order valence-electron chi connectivity index (χ0n) is 16.3. The molecule has 1 amide bonds. The van der Waals surface area contributed by atoms with Crippen LogP contribution in [0, 0.1) is 0 Å². The van der Waals surface area contributed by atoms with Gasteiger partial charge in [0.15, 0.2) is 0 Å². The van der Waals surface area contributed by atoms with E-state index in [2.05, 4.69) is 0 Å². The van der Waals surface area contributed by atoms with E-state index < -0.39 is 5.97 Å². The monoisotopic (exact) mass is 381 g/mol. The number of rotatable bonds is 6. The largest absolute Gasteiger partial charge is 0.497 e. The topological polar surface area (TPSA) is 66.8 Å². The van der Waals surface area contributed by atoms with E-state index >= 15 is 0 Å². The SMILES string of the molecule is COc1ccc(C2CCCCCN2C(=O)CCc2ccccc2C(=O)O)cc1. The number of likely N-dealkylation sites (tertiary alicyclic amines) is 1. The number of carbonyl (C=O) groups excluding carboxylic acids is 1. The smallest absolute Gasteiger partial charge is 0.335 e. The molecule has 148 valence electrons. The summed E-state index contributed by atoms with van der Waals surface area (Å²) in [6.07, 6.45) is 4.93. The third-order valence-electron chi connectivity index (χ3n) is 5.43. The Bertz CT molecular complexity index is 816. The standard InChI is InChI=1S/C23H27NO4/c1-28-19-13-10-18(11-14-19)21-9-3-2-6-16-24(21)22(25)15-12-17-7-4-5-8-20(17)23(26)27/h4-5,7-8,10-11,13-14,21H,2-3,6,9,12,15-16H2,1H3,(H,26,27). The number of ether oxygens (including phenoxy) is 1. The van der Waals surface area contributed by atoms with E-state index in [0.29, 0.717) is 18.4 Å². The van der Waals surface area contributed by atoms with Gasteiger partial charge in [-0.25, -0.2) is 4.79 Å². The summed E-state index contributed by atoms with van der Waals surface area (Å²) < 4.78 is 5.25. The quantitative estimate of drug-likeness (QED) is 0.802. The lowest BCUT2D eigenvalue weighted by molar-refractivity contribution is -0.133. The first-order chi connectivity index (χ1) is 13.6. The van der Waals surface area contributed by atoms with Gasteiger partial charge in [0.25, 0.3) is 0 Å². The van der Waals surface area contributed by atoms with Crippen molar-refractivity contribution in [3.05, 3.63) is 65.2 Å². The highest BCUT2D eigenvalue weighted by Crippen LogP contribution is 2.32. The molecule has 0 spiro atoms. The summed E-state index contributed by atoms with van der Waals surface area (Å²) in [7, 11) is 1.64. The number of hydrogen-bond acceptors (Lipinski definition) is 3. The number of nitrogens with zero attached hydrogens (tertiary/aromatic N) is 1. The third-order valence-corrected chi connectivity index (χ3v) is 5.43. The molecule has 28 heavy (non-hydrogen) atoms. The van der Waals surface area contributed by atoms with Gasteiger partial charge in [-0.05, 0) is 48.6 Å². The van der Waals surface area contributed by atoms with E-state index in [4.69, 9.17) is 4.74 Å². The summed E-state index contributed by atoms with van der Waals surface area (Å²) in [6, 6.07) is 14.9. The van der Waals surface area contributed by atoms with Crippen molar-refractivity contribution in [2.45, 2.75) is 44.6 Å². The number of methoxy groups -OCH3 is 1. The number of aryl methyl sites for hydroxylation is 1. The van der Waals surface area contributed by atoms with Crippen LogP contribution in [-0.4, -0.2) is 35.5 Å². The van der Waals surface area contributed by atoms with Crippen molar-refractivity contribution in [2.24, 2.45) is 0 Å². The molecular formula is C23H27NO4. The van der Waals surface area contributed by atoms with Gasteiger partial charge >= 0.3 is 5.97 Å². The van der Waals surface area contributed by atoms with Gasteiger partial charge in [-0.3, -0.25) is 4.79 Å². The molecule has 5 nitrogen and oxygen atoms in total. The Morgan fingerprint density at radius 2 is 1.82 bits per heavy atom. The molecule has 2 aromatic rings. The zero-order chi connectivity index (χ0) is 19.9. The van der Waals surface area contributed by atoms with Crippen molar-refractivity contribution in [3.63, 3.8) is 0 Å². The van der Waals surface area contributed by atoms with Crippen molar-refractivity contribution >= 4 is 11.9 Å². The second-order valence-electron chi connectivity index (χ2n) is 7.19. The number of carboxylic acids is 1. The van der Waals surface area contributed by atoms with Crippen LogP contribution in [0.1, 0.15) is 59.6 Å². The second kappa shape index (κ2) is 9.40. The highest BCUT2D eigenvalue weighted by Gasteiger charge is 2.26. The van der Waals surface area contributed by atoms with E-state index in [1.807, 2.05) is 35.2 Å². The van der Waals surface area contributed by atoms with Gasteiger partial charge in [-0.1, -0.05) is 43.2 Å². The van der Waals surface area contributed by atoms with Crippen LogP contribution in [0.3, 0.4) is 0 Å². The normalized spacial score (nSPS) is 17.0. The van der Waals surface area contributed by atoms with Gasteiger partial charge in [0, 0.05) is 13.0 Å². The number of carboxylic acid groups (broad SMARTS) is 1. The van der Waals surface area contributed by atoms with Crippen molar-refractivity contribution in [1.29, 1.82) is 0 Å². The van der Waals surface area contributed by atoms with Crippen LogP contribution >= 0.6 is 0 Å². The summed E-state index contributed by atoms with van der Waals surface area (Å²) in [5, 5.41) is 9.34. The molecule has 0 aromatic heterocycles. The van der Waals surface area contributed by atoms with Gasteiger partial charge in [0.1, 0.15) is 5.75 Å². The molecule has 1 saturated heterocycles. The van der Waals surface area contributed by atoms with E-state index in [-0.39, 0.29) is 17.5 Å². The van der Waals surface area contributed by atoms with E-state index in [0.717, 1.165) is 43.5 Å². The Labute approximate surface area is 165 Å². The van der Waals surface area contributed by atoms with Crippen molar-refractivity contribution in [1.82, 2.24) is 4.90 Å². The molecule has 1 heterocycles. The van der Waals surface area contributed by atoms with Crippen LogP contribution in [0.2, 0.25) is 0 Å². The molecule has 0 bridgehead atoms. The number of hydrogen-bond donors (Lipinski definition) is 1. The van der Waals surface area contributed by atoms with Crippen LogP contribution in [0.15, 0.2) is 48.5 Å². The molecule has 1 atom stereocenters. The van der Waals surface area contributed by atoms with Crippen molar-refractivity contribution in [2.75, 3.05) is 13.7 Å². The minimum atomic E-state index is -0.950. The molecule has 1 aliphatic rings. The summed E-state index contributed by atoms with van der Waals surface area (Å²) in [4.78, 5) is 26.4. The summed E-state index contributed by atoms with van der Waals surface area (Å²) in [5.74, 6) is -0.0580. The molecule has 5 heteroatoms. The van der Waals surface area contributed by atoms with Crippen molar-refractivity contribution in [3.8, 4) is 5.75 Å². The maximum absolute atomic E-state index is 13.1. The van der Waals surface area contributed by atoms with Gasteiger partial charge in [-0.2, -0.15) is 0 Å². The third kappa shape index (κ3) is 4.71. The van der Waals surface area contributed by atoms with Crippen molar-refractivity contribution < 1.29 is 19.4 Å². The minimum absolute atomic E-state index is 0.0654. The second-order valence-corrected chi connectivity index (χ2v) is 7.19. The molecule has 1 fully saturated rings. The van der Waals surface area contributed by atoms with Crippen LogP contribution in [-0.2, 0) is 11.2 Å². The molecule has 1 unspecified atom stereocenters. The fraction of sp³-hybridized carbons (Fsp3) is 0.391. The fourth-order valence-corrected chi connectivity index (χ4v) is 3.91. The Morgan fingerprint density at radius 1 is 1.07 bits per heavy atom. The first-order valence-electron chi connectivity index (χ1n) is 9.85. The number of amides is 1. The minimum Gasteiger partial charge on any atom is -0.497 e. The Morgan fingerprint density at radius 3 is 2.54 bits per heavy atom. The highest BCUT2D eigenvalue weighted by atomic mass is 16.5. The maximum Gasteiger partial charge on any atom is 0.335 e. The van der Waals surface area contributed by atoms with Gasteiger partial charge in [0.2, 0.25) is 5.91 Å². The lowest BCUT2D eigenvalue weighted by Crippen LogP contribution is -2.35. The molecule has 1 aliphatic heterocycles. The molecule has 0 aliphatic carbocycles. The van der Waals surface area contributed by atoms with Crippen LogP contribution < -0.4 is 4.74 Å². The maximum atomic E-state index is 13.1. The number of benzene rings is 2. The molecule has 1 N–H and O–H groups in total. The number of carbonyl (C=O) groups is 2. The highest BCUT2D eigenvalue weighted by molar-refractivity contribution is 5.89.